The fourth-order valence-corrected chi connectivity index (χ4v) is 3.36. The molecule has 0 bridgehead atoms. The van der Waals surface area contributed by atoms with Gasteiger partial charge in [0.15, 0.2) is 0 Å². The van der Waals surface area contributed by atoms with Crippen molar-refractivity contribution < 1.29 is 5.11 Å². The molecule has 0 unspecified atom stereocenters. The third kappa shape index (κ3) is 3.14. The zero-order chi connectivity index (χ0) is 14.5. The van der Waals surface area contributed by atoms with Crippen molar-refractivity contribution in [3.8, 4) is 0 Å². The van der Waals surface area contributed by atoms with Crippen molar-refractivity contribution >= 4 is 0 Å². The molecular weight excluding hydrogens is 260 g/mol. The number of hydrogen-bond donors (Lipinski definition) is 1. The van der Waals surface area contributed by atoms with Crippen molar-refractivity contribution in [2.75, 3.05) is 13.2 Å². The van der Waals surface area contributed by atoms with E-state index in [1.165, 1.54) is 11.1 Å². The predicted octanol–water partition coefficient (Wildman–Crippen LogP) is 2.65. The summed E-state index contributed by atoms with van der Waals surface area (Å²) in [6.45, 7) is 2.12. The molecule has 2 aromatic rings. The lowest BCUT2D eigenvalue weighted by molar-refractivity contribution is 0.0581. The Morgan fingerprint density at radius 1 is 1.10 bits per heavy atom. The molecule has 0 radical (unpaired) electrons. The third-order valence-corrected chi connectivity index (χ3v) is 4.51. The largest absolute Gasteiger partial charge is 0.394 e. The Morgan fingerprint density at radius 2 is 1.90 bits per heavy atom. The number of nitrogens with zero attached hydrogens (tertiary/aromatic N) is 2. The van der Waals surface area contributed by atoms with Crippen molar-refractivity contribution in [3.05, 3.63) is 66.0 Å². The van der Waals surface area contributed by atoms with E-state index in [1.54, 1.807) is 6.20 Å². The molecule has 1 aromatic carbocycles. The molecule has 2 heterocycles. The minimum Gasteiger partial charge on any atom is -0.394 e. The smallest absolute Gasteiger partial charge is 0.0618 e. The lowest BCUT2D eigenvalue weighted by Crippen LogP contribution is -2.48. The van der Waals surface area contributed by atoms with Crippen LogP contribution in [0.3, 0.4) is 0 Å². The minimum absolute atomic E-state index is 0.128. The van der Waals surface area contributed by atoms with E-state index in [9.17, 15) is 5.11 Å². The second kappa shape index (κ2) is 6.37. The summed E-state index contributed by atoms with van der Waals surface area (Å²) >= 11 is 0. The Morgan fingerprint density at radius 3 is 2.62 bits per heavy atom. The summed E-state index contributed by atoms with van der Waals surface area (Å²) in [5, 5.41) is 10.1. The van der Waals surface area contributed by atoms with Crippen molar-refractivity contribution in [2.45, 2.75) is 31.3 Å². The summed E-state index contributed by atoms with van der Waals surface area (Å²) in [7, 11) is 0. The molecule has 110 valence electrons. The van der Waals surface area contributed by atoms with Crippen LogP contribution < -0.4 is 0 Å². The van der Waals surface area contributed by atoms with Gasteiger partial charge in [0.1, 0.15) is 0 Å². The number of aliphatic hydroxyl groups excluding tert-OH is 1. The van der Waals surface area contributed by atoms with Crippen LogP contribution in [0, 0.1) is 0 Å². The van der Waals surface area contributed by atoms with Crippen molar-refractivity contribution in [1.82, 2.24) is 9.88 Å². The van der Waals surface area contributed by atoms with Gasteiger partial charge in [-0.25, -0.2) is 0 Å². The molecule has 1 atom stereocenters. The van der Waals surface area contributed by atoms with Gasteiger partial charge in [0.25, 0.3) is 0 Å². The second-order valence-corrected chi connectivity index (χ2v) is 5.93. The summed E-state index contributed by atoms with van der Waals surface area (Å²) in [5.74, 6) is 0. The maximum atomic E-state index is 10.1. The lowest BCUT2D eigenvalue weighted by Gasteiger charge is -2.37. The molecule has 0 aliphatic carbocycles. The first kappa shape index (κ1) is 14.2. The highest BCUT2D eigenvalue weighted by atomic mass is 16.3. The van der Waals surface area contributed by atoms with Gasteiger partial charge in [0, 0.05) is 24.5 Å². The molecule has 1 N–H and O–H groups in total. The van der Waals surface area contributed by atoms with Gasteiger partial charge < -0.3 is 5.11 Å². The fraction of sp³-hybridized carbons (Fsp3) is 0.389. The van der Waals surface area contributed by atoms with Crippen LogP contribution in [0.15, 0.2) is 54.9 Å². The molecule has 1 aliphatic heterocycles. The molecule has 21 heavy (non-hydrogen) atoms. The van der Waals surface area contributed by atoms with Gasteiger partial charge in [-0.3, -0.25) is 9.88 Å². The van der Waals surface area contributed by atoms with E-state index in [0.717, 1.165) is 32.4 Å². The van der Waals surface area contributed by atoms with Gasteiger partial charge >= 0.3 is 0 Å². The minimum atomic E-state index is -0.128. The van der Waals surface area contributed by atoms with E-state index >= 15 is 0 Å². The highest BCUT2D eigenvalue weighted by Crippen LogP contribution is 2.33. The average molecular weight is 282 g/mol. The van der Waals surface area contributed by atoms with Crippen LogP contribution in [0.5, 0.6) is 0 Å². The van der Waals surface area contributed by atoms with Gasteiger partial charge in [-0.15, -0.1) is 0 Å². The zero-order valence-electron chi connectivity index (χ0n) is 12.3. The Balaban J connectivity index is 1.79. The topological polar surface area (TPSA) is 36.4 Å². The van der Waals surface area contributed by atoms with Crippen LogP contribution >= 0.6 is 0 Å². The van der Waals surface area contributed by atoms with Crippen LogP contribution in [0.2, 0.25) is 0 Å². The Kier molecular flexibility index (Phi) is 4.32. The van der Waals surface area contributed by atoms with Gasteiger partial charge in [0.2, 0.25) is 0 Å². The fourth-order valence-electron chi connectivity index (χ4n) is 3.36. The van der Waals surface area contributed by atoms with E-state index in [2.05, 4.69) is 40.2 Å². The highest BCUT2D eigenvalue weighted by Gasteiger charge is 2.40. The van der Waals surface area contributed by atoms with Crippen LogP contribution in [-0.4, -0.2) is 33.7 Å². The van der Waals surface area contributed by atoms with Gasteiger partial charge in [0.05, 0.1) is 6.61 Å². The molecular formula is C18H22N2O. The second-order valence-electron chi connectivity index (χ2n) is 5.93. The van der Waals surface area contributed by atoms with E-state index in [4.69, 9.17) is 0 Å². The van der Waals surface area contributed by atoms with Gasteiger partial charge in [-0.2, -0.15) is 0 Å². The first-order valence-corrected chi connectivity index (χ1v) is 7.61. The molecule has 0 saturated carbocycles. The third-order valence-electron chi connectivity index (χ3n) is 4.51. The first-order chi connectivity index (χ1) is 10.3. The summed E-state index contributed by atoms with van der Waals surface area (Å²) in [6.07, 6.45) is 6.83. The molecule has 1 fully saturated rings. The van der Waals surface area contributed by atoms with Gasteiger partial charge in [-0.1, -0.05) is 36.4 Å². The van der Waals surface area contributed by atoms with Crippen molar-refractivity contribution in [2.24, 2.45) is 0 Å². The van der Waals surface area contributed by atoms with E-state index in [0.29, 0.717) is 0 Å². The van der Waals surface area contributed by atoms with Crippen molar-refractivity contribution in [1.29, 1.82) is 0 Å². The number of hydrogen-bond acceptors (Lipinski definition) is 3. The van der Waals surface area contributed by atoms with E-state index < -0.39 is 0 Å². The van der Waals surface area contributed by atoms with Crippen LogP contribution in [0.1, 0.15) is 24.0 Å². The number of pyridine rings is 1. The summed E-state index contributed by atoms with van der Waals surface area (Å²) in [5.41, 5.74) is 2.38. The van der Waals surface area contributed by atoms with Crippen molar-refractivity contribution in [3.63, 3.8) is 0 Å². The van der Waals surface area contributed by atoms with Crippen LogP contribution in [-0.2, 0) is 13.0 Å². The first-order valence-electron chi connectivity index (χ1n) is 7.61. The monoisotopic (exact) mass is 282 g/mol. The SMILES string of the molecule is OC[C@]1(Cc2ccccc2)CCCN1Cc1cccnc1. The predicted molar refractivity (Wildman–Crippen MR) is 83.8 cm³/mol. The number of rotatable bonds is 5. The summed E-state index contributed by atoms with van der Waals surface area (Å²) in [6, 6.07) is 14.6. The Hall–Kier alpha value is -1.71. The Bertz CT molecular complexity index is 558. The number of benzene rings is 1. The molecule has 3 heteroatoms. The lowest BCUT2D eigenvalue weighted by atomic mass is 9.88. The maximum Gasteiger partial charge on any atom is 0.0618 e. The number of aliphatic hydroxyl groups is 1. The number of aromatic nitrogens is 1. The molecule has 1 aromatic heterocycles. The van der Waals surface area contributed by atoms with E-state index in [1.807, 2.05) is 18.3 Å². The summed E-state index contributed by atoms with van der Waals surface area (Å²) < 4.78 is 0. The summed E-state index contributed by atoms with van der Waals surface area (Å²) in [4.78, 5) is 6.62. The molecule has 1 aliphatic rings. The number of likely N-dealkylation sites (tertiary alicyclic amines) is 1. The quantitative estimate of drug-likeness (QED) is 0.916. The average Bonchev–Trinajstić information content (AvgIpc) is 2.92. The standard InChI is InChI=1S/C18H22N2O/c21-15-18(12-16-6-2-1-3-7-16)9-5-11-20(18)14-17-8-4-10-19-13-17/h1-4,6-8,10,13,21H,5,9,11-12,14-15H2/t18-/m1/s1. The molecule has 1 saturated heterocycles. The van der Waals surface area contributed by atoms with Crippen LogP contribution in [0.4, 0.5) is 0 Å². The molecule has 3 rings (SSSR count). The maximum absolute atomic E-state index is 10.1. The van der Waals surface area contributed by atoms with Gasteiger partial charge in [-0.05, 0) is 43.0 Å². The zero-order valence-corrected chi connectivity index (χ0v) is 12.3. The Labute approximate surface area is 126 Å². The molecule has 3 nitrogen and oxygen atoms in total. The highest BCUT2D eigenvalue weighted by molar-refractivity contribution is 5.20. The normalized spacial score (nSPS) is 22.5. The van der Waals surface area contributed by atoms with E-state index in [-0.39, 0.29) is 12.1 Å². The molecule has 0 spiro atoms. The molecule has 0 amide bonds. The van der Waals surface area contributed by atoms with Crippen LogP contribution in [0.25, 0.3) is 0 Å².